The Morgan fingerprint density at radius 2 is 2.16 bits per heavy atom. The minimum absolute atomic E-state index is 0.0646. The van der Waals surface area contributed by atoms with Gasteiger partial charge < -0.3 is 15.4 Å². The van der Waals surface area contributed by atoms with Crippen molar-refractivity contribution in [2.75, 3.05) is 25.5 Å². The Morgan fingerprint density at radius 3 is 2.89 bits per heavy atom. The third-order valence-electron chi connectivity index (χ3n) is 3.36. The van der Waals surface area contributed by atoms with Crippen LogP contribution in [0.1, 0.15) is 36.2 Å². The summed E-state index contributed by atoms with van der Waals surface area (Å²) < 4.78 is 5.56. The summed E-state index contributed by atoms with van der Waals surface area (Å²) in [6.07, 6.45) is 1.06. The topological polar surface area (TPSA) is 55.6 Å². The van der Waals surface area contributed by atoms with Crippen molar-refractivity contribution >= 4 is 11.6 Å². The number of nitrogens with zero attached hydrogens (tertiary/aromatic N) is 1. The first-order valence-corrected chi connectivity index (χ1v) is 6.83. The number of anilines is 1. The zero-order chi connectivity index (χ0) is 13.8. The van der Waals surface area contributed by atoms with Gasteiger partial charge in [-0.1, -0.05) is 19.9 Å². The molecule has 0 aliphatic carbocycles. The van der Waals surface area contributed by atoms with Gasteiger partial charge in [0.05, 0.1) is 6.61 Å². The number of ether oxygens (including phenoxy) is 1. The number of benzene rings is 1. The average molecular weight is 262 g/mol. The largest absolute Gasteiger partial charge is 0.399 e. The first-order chi connectivity index (χ1) is 9.08. The Bertz CT molecular complexity index is 457. The summed E-state index contributed by atoms with van der Waals surface area (Å²) in [6, 6.07) is 5.54. The SMILES string of the molecule is CC(C)CCOCCN1Cc2ccc(N)cc2C1=O. The number of amides is 1. The molecular formula is C15H22N2O2. The van der Waals surface area contributed by atoms with Crippen molar-refractivity contribution in [2.24, 2.45) is 5.92 Å². The average Bonchev–Trinajstić information content (AvgIpc) is 2.66. The molecule has 1 amide bonds. The van der Waals surface area contributed by atoms with Gasteiger partial charge in [-0.2, -0.15) is 0 Å². The number of hydrogen-bond donors (Lipinski definition) is 1. The molecule has 1 heterocycles. The van der Waals surface area contributed by atoms with Crippen LogP contribution >= 0.6 is 0 Å². The molecule has 0 unspecified atom stereocenters. The molecule has 0 fully saturated rings. The second-order valence-corrected chi connectivity index (χ2v) is 5.44. The van der Waals surface area contributed by atoms with Gasteiger partial charge in [0.25, 0.3) is 5.91 Å². The highest BCUT2D eigenvalue weighted by molar-refractivity contribution is 5.99. The summed E-state index contributed by atoms with van der Waals surface area (Å²) in [5.74, 6) is 0.718. The maximum atomic E-state index is 12.1. The van der Waals surface area contributed by atoms with E-state index in [0.29, 0.717) is 31.3 Å². The smallest absolute Gasteiger partial charge is 0.254 e. The zero-order valence-electron chi connectivity index (χ0n) is 11.7. The van der Waals surface area contributed by atoms with Crippen molar-refractivity contribution in [3.63, 3.8) is 0 Å². The Labute approximate surface area is 114 Å². The normalized spacial score (nSPS) is 14.3. The molecule has 1 aromatic carbocycles. The minimum atomic E-state index is 0.0646. The van der Waals surface area contributed by atoms with Gasteiger partial charge in [0.15, 0.2) is 0 Å². The zero-order valence-corrected chi connectivity index (χ0v) is 11.7. The van der Waals surface area contributed by atoms with E-state index < -0.39 is 0 Å². The number of rotatable bonds is 6. The van der Waals surface area contributed by atoms with E-state index in [1.807, 2.05) is 17.0 Å². The molecule has 0 bridgehead atoms. The maximum absolute atomic E-state index is 12.1. The summed E-state index contributed by atoms with van der Waals surface area (Å²) in [7, 11) is 0. The molecule has 2 N–H and O–H groups in total. The molecule has 1 aliphatic rings. The van der Waals surface area contributed by atoms with E-state index >= 15 is 0 Å². The minimum Gasteiger partial charge on any atom is -0.399 e. The highest BCUT2D eigenvalue weighted by Gasteiger charge is 2.26. The standard InChI is InChI=1S/C15H22N2O2/c1-11(2)5-7-19-8-6-17-10-12-3-4-13(16)9-14(12)15(17)18/h3-4,9,11H,5-8,10,16H2,1-2H3. The number of carbonyl (C=O) groups is 1. The van der Waals surface area contributed by atoms with Crippen LogP contribution in [0.3, 0.4) is 0 Å². The summed E-state index contributed by atoms with van der Waals surface area (Å²) in [6.45, 7) is 7.03. The Morgan fingerprint density at radius 1 is 1.37 bits per heavy atom. The van der Waals surface area contributed by atoms with Crippen LogP contribution in [0, 0.1) is 5.92 Å². The maximum Gasteiger partial charge on any atom is 0.254 e. The van der Waals surface area contributed by atoms with E-state index in [1.165, 1.54) is 0 Å². The summed E-state index contributed by atoms with van der Waals surface area (Å²) in [5.41, 5.74) is 8.15. The molecule has 4 heteroatoms. The van der Waals surface area contributed by atoms with E-state index in [0.717, 1.165) is 24.2 Å². The van der Waals surface area contributed by atoms with Gasteiger partial charge in [0, 0.05) is 30.9 Å². The van der Waals surface area contributed by atoms with E-state index in [4.69, 9.17) is 10.5 Å². The van der Waals surface area contributed by atoms with Crippen LogP contribution in [0.2, 0.25) is 0 Å². The number of hydrogen-bond acceptors (Lipinski definition) is 3. The van der Waals surface area contributed by atoms with E-state index in [2.05, 4.69) is 13.8 Å². The fourth-order valence-corrected chi connectivity index (χ4v) is 2.16. The molecule has 0 radical (unpaired) electrons. The molecule has 0 saturated heterocycles. The van der Waals surface area contributed by atoms with Crippen molar-refractivity contribution in [3.05, 3.63) is 29.3 Å². The molecule has 2 rings (SSSR count). The van der Waals surface area contributed by atoms with Gasteiger partial charge in [-0.3, -0.25) is 4.79 Å². The van der Waals surface area contributed by atoms with Crippen molar-refractivity contribution in [2.45, 2.75) is 26.8 Å². The summed E-state index contributed by atoms with van der Waals surface area (Å²) >= 11 is 0. The first kappa shape index (κ1) is 13.9. The van der Waals surface area contributed by atoms with Crippen LogP contribution in [0.15, 0.2) is 18.2 Å². The molecule has 1 aromatic rings. The lowest BCUT2D eigenvalue weighted by molar-refractivity contribution is 0.0649. The van der Waals surface area contributed by atoms with Gasteiger partial charge in [-0.05, 0) is 30.0 Å². The number of carbonyl (C=O) groups excluding carboxylic acids is 1. The third kappa shape index (κ3) is 3.47. The van der Waals surface area contributed by atoms with Crippen LogP contribution in [0.5, 0.6) is 0 Å². The highest BCUT2D eigenvalue weighted by Crippen LogP contribution is 2.24. The number of fused-ring (bicyclic) bond motifs is 1. The predicted molar refractivity (Wildman–Crippen MR) is 75.9 cm³/mol. The van der Waals surface area contributed by atoms with Crippen LogP contribution in [-0.4, -0.2) is 30.6 Å². The van der Waals surface area contributed by atoms with Crippen molar-refractivity contribution < 1.29 is 9.53 Å². The lowest BCUT2D eigenvalue weighted by Crippen LogP contribution is -2.28. The van der Waals surface area contributed by atoms with Crippen LogP contribution in [0.4, 0.5) is 5.69 Å². The fourth-order valence-electron chi connectivity index (χ4n) is 2.16. The van der Waals surface area contributed by atoms with Crippen molar-refractivity contribution in [1.29, 1.82) is 0 Å². The lowest BCUT2D eigenvalue weighted by atomic mass is 10.1. The molecular weight excluding hydrogens is 240 g/mol. The quantitative estimate of drug-likeness (QED) is 0.632. The summed E-state index contributed by atoms with van der Waals surface area (Å²) in [4.78, 5) is 14.0. The van der Waals surface area contributed by atoms with Crippen LogP contribution in [0.25, 0.3) is 0 Å². The Hall–Kier alpha value is -1.55. The van der Waals surface area contributed by atoms with Gasteiger partial charge in [0.1, 0.15) is 0 Å². The van der Waals surface area contributed by atoms with Crippen molar-refractivity contribution in [1.82, 2.24) is 4.90 Å². The Balaban J connectivity index is 1.80. The molecule has 1 aliphatic heterocycles. The number of nitrogens with two attached hydrogens (primary N) is 1. The molecule has 4 nitrogen and oxygen atoms in total. The molecule has 0 atom stereocenters. The Kier molecular flexibility index (Phi) is 4.43. The summed E-state index contributed by atoms with van der Waals surface area (Å²) in [5, 5.41) is 0. The monoisotopic (exact) mass is 262 g/mol. The highest BCUT2D eigenvalue weighted by atomic mass is 16.5. The second kappa shape index (κ2) is 6.06. The lowest BCUT2D eigenvalue weighted by Gasteiger charge is -2.15. The van der Waals surface area contributed by atoms with Gasteiger partial charge in [-0.25, -0.2) is 0 Å². The van der Waals surface area contributed by atoms with Gasteiger partial charge >= 0.3 is 0 Å². The second-order valence-electron chi connectivity index (χ2n) is 5.44. The van der Waals surface area contributed by atoms with E-state index in [9.17, 15) is 4.79 Å². The molecule has 0 spiro atoms. The van der Waals surface area contributed by atoms with Gasteiger partial charge in [0.2, 0.25) is 0 Å². The third-order valence-corrected chi connectivity index (χ3v) is 3.36. The molecule has 0 aromatic heterocycles. The molecule has 104 valence electrons. The van der Waals surface area contributed by atoms with Crippen molar-refractivity contribution in [3.8, 4) is 0 Å². The predicted octanol–water partition coefficient (Wildman–Crippen LogP) is 2.29. The van der Waals surface area contributed by atoms with Crippen LogP contribution in [-0.2, 0) is 11.3 Å². The van der Waals surface area contributed by atoms with E-state index in [1.54, 1.807) is 6.07 Å². The molecule has 19 heavy (non-hydrogen) atoms. The van der Waals surface area contributed by atoms with Crippen LogP contribution < -0.4 is 5.73 Å². The first-order valence-electron chi connectivity index (χ1n) is 6.83. The fraction of sp³-hybridized carbons (Fsp3) is 0.533. The van der Waals surface area contributed by atoms with E-state index in [-0.39, 0.29) is 5.91 Å². The molecule has 0 saturated carbocycles. The number of nitrogen functional groups attached to an aromatic ring is 1. The van der Waals surface area contributed by atoms with Gasteiger partial charge in [-0.15, -0.1) is 0 Å².